The van der Waals surface area contributed by atoms with Crippen molar-refractivity contribution in [2.45, 2.75) is 43.2 Å². The molecule has 1 saturated carbocycles. The molecule has 3 aliphatic heterocycles. The van der Waals surface area contributed by atoms with Gasteiger partial charge in [0.25, 0.3) is 0 Å². The third-order valence-corrected chi connectivity index (χ3v) is 4.89. The van der Waals surface area contributed by atoms with Gasteiger partial charge < -0.3 is 24.1 Å². The molecule has 3 saturated heterocycles. The molecule has 3 bridgehead atoms. The molecule has 0 amide bonds. The highest BCUT2D eigenvalue weighted by Gasteiger charge is 2.76. The number of hydrogen-bond donors (Lipinski definition) is 1. The zero-order valence-electron chi connectivity index (χ0n) is 9.43. The zero-order chi connectivity index (χ0) is 11.2. The third kappa shape index (κ3) is 0.811. The van der Waals surface area contributed by atoms with E-state index in [9.17, 15) is 5.11 Å². The number of rotatable bonds is 1. The van der Waals surface area contributed by atoms with Crippen molar-refractivity contribution in [3.05, 3.63) is 0 Å². The lowest BCUT2D eigenvalue weighted by atomic mass is 9.68. The van der Waals surface area contributed by atoms with Crippen molar-refractivity contribution < 1.29 is 24.1 Å². The molecule has 1 aliphatic carbocycles. The van der Waals surface area contributed by atoms with Crippen molar-refractivity contribution in [2.24, 2.45) is 11.8 Å². The first kappa shape index (κ1) is 9.79. The second-order valence-corrected chi connectivity index (χ2v) is 5.60. The van der Waals surface area contributed by atoms with E-state index in [1.807, 2.05) is 6.92 Å². The van der Waals surface area contributed by atoms with Crippen LogP contribution in [-0.2, 0) is 18.9 Å². The normalized spacial score (nSPS) is 66.6. The van der Waals surface area contributed by atoms with Crippen LogP contribution < -0.4 is 0 Å². The van der Waals surface area contributed by atoms with Crippen molar-refractivity contribution in [1.29, 1.82) is 0 Å². The Kier molecular flexibility index (Phi) is 1.51. The smallest absolute Gasteiger partial charge is 0.198 e. The molecule has 16 heavy (non-hydrogen) atoms. The first-order chi connectivity index (χ1) is 7.52. The maximum absolute atomic E-state index is 10.5. The van der Waals surface area contributed by atoms with Gasteiger partial charge in [-0.25, -0.2) is 0 Å². The van der Waals surface area contributed by atoms with E-state index in [-0.39, 0.29) is 18.1 Å². The molecule has 0 aromatic rings. The quantitative estimate of drug-likeness (QED) is 0.695. The lowest BCUT2D eigenvalue weighted by Gasteiger charge is -2.50. The summed E-state index contributed by atoms with van der Waals surface area (Å²) < 4.78 is 23.0. The average Bonchev–Trinajstić information content (AvgIpc) is 2.64. The minimum absolute atomic E-state index is 0.178. The van der Waals surface area contributed by atoms with E-state index >= 15 is 0 Å². The summed E-state index contributed by atoms with van der Waals surface area (Å²) in [6.45, 7) is 2.48. The fourth-order valence-corrected chi connectivity index (χ4v) is 3.90. The zero-order valence-corrected chi connectivity index (χ0v) is 9.43. The molecular weight excluding hydrogens is 212 g/mol. The molecule has 5 nitrogen and oxygen atoms in total. The predicted octanol–water partition coefficient (Wildman–Crippen LogP) is 0.219. The van der Waals surface area contributed by atoms with Gasteiger partial charge in [-0.05, 0) is 6.92 Å². The molecular formula is C11H16O5. The Morgan fingerprint density at radius 1 is 1.38 bits per heavy atom. The van der Waals surface area contributed by atoms with E-state index in [0.717, 1.165) is 0 Å². The van der Waals surface area contributed by atoms with Crippen molar-refractivity contribution in [3.63, 3.8) is 0 Å². The maximum atomic E-state index is 10.5. The summed E-state index contributed by atoms with van der Waals surface area (Å²) in [4.78, 5) is 0. The first-order valence-corrected chi connectivity index (χ1v) is 5.79. The van der Waals surface area contributed by atoms with E-state index in [4.69, 9.17) is 18.9 Å². The molecule has 90 valence electrons. The maximum Gasteiger partial charge on any atom is 0.198 e. The highest BCUT2D eigenvalue weighted by molar-refractivity contribution is 5.15. The molecule has 4 fully saturated rings. The van der Waals surface area contributed by atoms with Gasteiger partial charge in [0.05, 0.1) is 6.61 Å². The second-order valence-electron chi connectivity index (χ2n) is 5.60. The SMILES string of the molecule is CO[C@]12C[C@]3(C)O[C@H]4O[C@]3(O)C[C@@H]1[C@@H]4CO2. The summed E-state index contributed by atoms with van der Waals surface area (Å²) in [5, 5.41) is 10.5. The van der Waals surface area contributed by atoms with E-state index in [0.29, 0.717) is 19.4 Å². The number of hydrogen-bond acceptors (Lipinski definition) is 5. The largest absolute Gasteiger partial charge is 0.363 e. The Balaban J connectivity index is 1.88. The molecule has 0 aromatic carbocycles. The van der Waals surface area contributed by atoms with Gasteiger partial charge in [-0.2, -0.15) is 0 Å². The molecule has 0 aromatic heterocycles. The van der Waals surface area contributed by atoms with Crippen molar-refractivity contribution in [2.75, 3.05) is 13.7 Å². The second kappa shape index (κ2) is 2.47. The van der Waals surface area contributed by atoms with Crippen molar-refractivity contribution >= 4 is 0 Å². The third-order valence-electron chi connectivity index (χ3n) is 4.89. The Bertz CT molecular complexity index is 360. The highest BCUT2D eigenvalue weighted by atomic mass is 16.8. The van der Waals surface area contributed by atoms with Gasteiger partial charge in [0.2, 0.25) is 0 Å². The van der Waals surface area contributed by atoms with Gasteiger partial charge in [0.1, 0.15) is 5.60 Å². The van der Waals surface area contributed by atoms with Crippen LogP contribution in [-0.4, -0.2) is 42.3 Å². The number of fused-ring (bicyclic) bond motifs is 2. The van der Waals surface area contributed by atoms with Gasteiger partial charge in [-0.1, -0.05) is 0 Å². The predicted molar refractivity (Wildman–Crippen MR) is 51.2 cm³/mol. The van der Waals surface area contributed by atoms with E-state index in [2.05, 4.69) is 0 Å². The average molecular weight is 228 g/mol. The fourth-order valence-electron chi connectivity index (χ4n) is 3.90. The van der Waals surface area contributed by atoms with E-state index in [1.54, 1.807) is 7.11 Å². The van der Waals surface area contributed by atoms with E-state index in [1.165, 1.54) is 0 Å². The monoisotopic (exact) mass is 228 g/mol. The molecule has 4 rings (SSSR count). The fraction of sp³-hybridized carbons (Fsp3) is 1.00. The molecule has 6 atom stereocenters. The Morgan fingerprint density at radius 2 is 2.19 bits per heavy atom. The molecule has 4 aliphatic rings. The van der Waals surface area contributed by atoms with Gasteiger partial charge in [0.15, 0.2) is 17.9 Å². The molecule has 1 N–H and O–H groups in total. The van der Waals surface area contributed by atoms with Gasteiger partial charge in [-0.3, -0.25) is 0 Å². The highest BCUT2D eigenvalue weighted by Crippen LogP contribution is 2.64. The van der Waals surface area contributed by atoms with Crippen LogP contribution in [0, 0.1) is 11.8 Å². The topological polar surface area (TPSA) is 57.2 Å². The van der Waals surface area contributed by atoms with Gasteiger partial charge >= 0.3 is 0 Å². The van der Waals surface area contributed by atoms with Crippen LogP contribution in [0.3, 0.4) is 0 Å². The summed E-state index contributed by atoms with van der Waals surface area (Å²) in [6, 6.07) is 0. The van der Waals surface area contributed by atoms with Crippen LogP contribution >= 0.6 is 0 Å². The molecule has 3 heterocycles. The number of aliphatic hydroxyl groups is 1. The van der Waals surface area contributed by atoms with Crippen LogP contribution in [0.25, 0.3) is 0 Å². The summed E-state index contributed by atoms with van der Waals surface area (Å²) in [5.74, 6) is -1.37. The summed E-state index contributed by atoms with van der Waals surface area (Å²) in [5.41, 5.74) is -0.709. The molecule has 0 unspecified atom stereocenters. The standard InChI is InChI=1S/C11H16O5/c1-9-5-10(13-2)7-3-11(9,12)16-8(15-9)6(7)4-14-10/h6-8,12H,3-5H2,1-2H3/t6-,7+,8-,9-,10-,11+/m0/s1. The first-order valence-electron chi connectivity index (χ1n) is 5.79. The van der Waals surface area contributed by atoms with Crippen LogP contribution in [0.1, 0.15) is 19.8 Å². The minimum atomic E-state index is -1.16. The minimum Gasteiger partial charge on any atom is -0.363 e. The van der Waals surface area contributed by atoms with Crippen LogP contribution in [0.2, 0.25) is 0 Å². The molecule has 0 radical (unpaired) electrons. The van der Waals surface area contributed by atoms with Gasteiger partial charge in [0, 0.05) is 31.8 Å². The number of ether oxygens (including phenoxy) is 4. The molecule has 0 spiro atoms. The number of methoxy groups -OCH3 is 1. The Labute approximate surface area is 93.6 Å². The van der Waals surface area contributed by atoms with Crippen LogP contribution in [0.4, 0.5) is 0 Å². The van der Waals surface area contributed by atoms with Gasteiger partial charge in [-0.15, -0.1) is 0 Å². The summed E-state index contributed by atoms with van der Waals surface area (Å²) in [7, 11) is 1.67. The van der Waals surface area contributed by atoms with Crippen LogP contribution in [0.5, 0.6) is 0 Å². The van der Waals surface area contributed by atoms with E-state index < -0.39 is 17.2 Å². The Hall–Kier alpha value is -0.200. The Morgan fingerprint density at radius 3 is 2.94 bits per heavy atom. The van der Waals surface area contributed by atoms with Crippen molar-refractivity contribution in [3.8, 4) is 0 Å². The van der Waals surface area contributed by atoms with Crippen LogP contribution in [0.15, 0.2) is 0 Å². The molecule has 5 heteroatoms. The summed E-state index contributed by atoms with van der Waals surface area (Å²) >= 11 is 0. The lowest BCUT2D eigenvalue weighted by Crippen LogP contribution is -2.63. The van der Waals surface area contributed by atoms with Crippen molar-refractivity contribution in [1.82, 2.24) is 0 Å². The lowest BCUT2D eigenvalue weighted by molar-refractivity contribution is -0.327. The summed E-state index contributed by atoms with van der Waals surface area (Å²) in [6.07, 6.45) is 0.733.